The van der Waals surface area contributed by atoms with E-state index in [1.165, 1.54) is 11.3 Å². The van der Waals surface area contributed by atoms with Crippen LogP contribution in [0.5, 0.6) is 5.88 Å². The highest BCUT2D eigenvalue weighted by molar-refractivity contribution is 9.10. The molecule has 10 heteroatoms. The number of ether oxygens (including phenoxy) is 1. The number of hydrogen-bond donors (Lipinski definition) is 1. The maximum absolute atomic E-state index is 12.9. The molecule has 0 saturated carbocycles. The van der Waals surface area contributed by atoms with Crippen molar-refractivity contribution in [3.63, 3.8) is 0 Å². The van der Waals surface area contributed by atoms with Crippen LogP contribution in [0.3, 0.4) is 0 Å². The minimum atomic E-state index is -0.385. The zero-order chi connectivity index (χ0) is 23.7. The molecular formula is C24H20BrN5O3S. The van der Waals surface area contributed by atoms with Crippen molar-refractivity contribution in [3.8, 4) is 11.9 Å². The Morgan fingerprint density at radius 2 is 1.94 bits per heavy atom. The van der Waals surface area contributed by atoms with Gasteiger partial charge in [-0.05, 0) is 46.3 Å². The smallest absolute Gasteiger partial charge is 0.279 e. The third kappa shape index (κ3) is 4.35. The van der Waals surface area contributed by atoms with Gasteiger partial charge in [0.25, 0.3) is 5.91 Å². The number of morpholine rings is 1. The van der Waals surface area contributed by atoms with E-state index in [0.717, 1.165) is 17.6 Å². The van der Waals surface area contributed by atoms with Gasteiger partial charge in [0.15, 0.2) is 4.80 Å². The van der Waals surface area contributed by atoms with Gasteiger partial charge in [0.05, 0.1) is 41.5 Å². The number of para-hydroxylation sites is 1. The molecule has 1 saturated heterocycles. The maximum atomic E-state index is 12.9. The Labute approximate surface area is 207 Å². The number of nitrogens with zero attached hydrogens (tertiary/aromatic N) is 5. The van der Waals surface area contributed by atoms with E-state index in [4.69, 9.17) is 15.0 Å². The van der Waals surface area contributed by atoms with Crippen molar-refractivity contribution in [2.24, 2.45) is 9.98 Å². The summed E-state index contributed by atoms with van der Waals surface area (Å²) in [5, 5.41) is 21.6. The molecule has 2 aliphatic heterocycles. The van der Waals surface area contributed by atoms with E-state index in [9.17, 15) is 9.90 Å². The van der Waals surface area contributed by atoms with Gasteiger partial charge in [-0.15, -0.1) is 0 Å². The zero-order valence-electron chi connectivity index (χ0n) is 18.1. The molecule has 0 spiro atoms. The highest BCUT2D eigenvalue weighted by Crippen LogP contribution is 2.29. The fourth-order valence-corrected chi connectivity index (χ4v) is 5.54. The van der Waals surface area contributed by atoms with Crippen molar-refractivity contribution in [1.82, 2.24) is 9.47 Å². The third-order valence-corrected chi connectivity index (χ3v) is 7.48. The van der Waals surface area contributed by atoms with Gasteiger partial charge in [0.2, 0.25) is 5.88 Å². The van der Waals surface area contributed by atoms with Crippen molar-refractivity contribution in [1.29, 1.82) is 5.26 Å². The lowest BCUT2D eigenvalue weighted by atomic mass is 10.1. The molecule has 0 bridgehead atoms. The number of hydrogen-bond acceptors (Lipinski definition) is 7. The molecular weight excluding hydrogens is 518 g/mol. The van der Waals surface area contributed by atoms with E-state index < -0.39 is 0 Å². The summed E-state index contributed by atoms with van der Waals surface area (Å²) in [6.07, 6.45) is 0. The first-order valence-electron chi connectivity index (χ1n) is 10.7. The van der Waals surface area contributed by atoms with Crippen LogP contribution in [0.2, 0.25) is 0 Å². The SMILES string of the molecule is N#Cc1ccc(N=c2sc(C3=c4cccc(Br)c4=NC3=O)c(O)n2CCN2CCOCC2)cc1. The second-order valence-electron chi connectivity index (χ2n) is 7.84. The molecule has 0 radical (unpaired) electrons. The lowest BCUT2D eigenvalue weighted by Crippen LogP contribution is -2.38. The minimum absolute atomic E-state index is 0.00275. The van der Waals surface area contributed by atoms with Gasteiger partial charge < -0.3 is 9.84 Å². The van der Waals surface area contributed by atoms with Crippen LogP contribution in [0, 0.1) is 11.3 Å². The van der Waals surface area contributed by atoms with Gasteiger partial charge in [-0.25, -0.2) is 9.98 Å². The second kappa shape index (κ2) is 9.64. The van der Waals surface area contributed by atoms with Crippen LogP contribution in [0.25, 0.3) is 5.57 Å². The van der Waals surface area contributed by atoms with Gasteiger partial charge >= 0.3 is 0 Å². The van der Waals surface area contributed by atoms with Crippen molar-refractivity contribution >= 4 is 44.4 Å². The average Bonchev–Trinajstić information content (AvgIpc) is 3.35. The fourth-order valence-electron chi connectivity index (χ4n) is 3.96. The monoisotopic (exact) mass is 537 g/mol. The first-order chi connectivity index (χ1) is 16.5. The summed E-state index contributed by atoms with van der Waals surface area (Å²) in [4.78, 5) is 25.1. The standard InChI is InChI=1S/C24H20BrN5O3S/c25-18-3-1-2-17-19(22(31)28-20(17)18)21-23(32)30(9-8-29-10-12-33-13-11-29)24(34-21)27-16-6-4-15(14-26)5-7-16/h1-7,32H,8-13H2. The summed E-state index contributed by atoms with van der Waals surface area (Å²) in [7, 11) is 0. The molecule has 1 amide bonds. The number of fused-ring (bicyclic) bond motifs is 1. The fraction of sp³-hybridized carbons (Fsp3) is 0.250. The Hall–Kier alpha value is -3.10. The first kappa shape index (κ1) is 22.7. The largest absolute Gasteiger partial charge is 0.493 e. The van der Waals surface area contributed by atoms with E-state index in [1.54, 1.807) is 28.8 Å². The maximum Gasteiger partial charge on any atom is 0.279 e. The Morgan fingerprint density at radius 1 is 1.18 bits per heavy atom. The number of nitriles is 1. The summed E-state index contributed by atoms with van der Waals surface area (Å²) in [6.45, 7) is 4.25. The van der Waals surface area contributed by atoms with E-state index in [2.05, 4.69) is 31.9 Å². The van der Waals surface area contributed by atoms with E-state index in [1.807, 2.05) is 18.2 Å². The average molecular weight is 538 g/mol. The topological polar surface area (TPSA) is 103 Å². The minimum Gasteiger partial charge on any atom is -0.493 e. The third-order valence-electron chi connectivity index (χ3n) is 5.76. The number of amides is 1. The normalized spacial score (nSPS) is 16.4. The Bertz CT molecular complexity index is 1500. The van der Waals surface area contributed by atoms with Crippen LogP contribution in [-0.2, 0) is 16.1 Å². The number of carbonyl (C=O) groups excluding carboxylic acids is 1. The lowest BCUT2D eigenvalue weighted by Gasteiger charge is -2.26. The number of carbonyl (C=O) groups is 1. The van der Waals surface area contributed by atoms with Gasteiger partial charge in [-0.2, -0.15) is 5.26 Å². The van der Waals surface area contributed by atoms with Gasteiger partial charge in [0, 0.05) is 35.9 Å². The van der Waals surface area contributed by atoms with E-state index in [0.29, 0.717) is 63.4 Å². The summed E-state index contributed by atoms with van der Waals surface area (Å²) in [5.74, 6) is -0.388. The highest BCUT2D eigenvalue weighted by atomic mass is 79.9. The molecule has 1 aromatic heterocycles. The number of benzene rings is 2. The molecule has 8 nitrogen and oxygen atoms in total. The van der Waals surface area contributed by atoms with Crippen LogP contribution in [-0.4, -0.2) is 53.3 Å². The molecule has 3 aromatic rings. The number of halogens is 1. The quantitative estimate of drug-likeness (QED) is 0.534. The molecule has 34 heavy (non-hydrogen) atoms. The summed E-state index contributed by atoms with van der Waals surface area (Å²) in [5.41, 5.74) is 1.58. The van der Waals surface area contributed by atoms with Gasteiger partial charge in [-0.3, -0.25) is 14.3 Å². The Balaban J connectivity index is 1.63. The molecule has 2 aromatic carbocycles. The molecule has 1 N–H and O–H groups in total. The Kier molecular flexibility index (Phi) is 6.43. The number of rotatable bonds is 5. The lowest BCUT2D eigenvalue weighted by molar-refractivity contribution is -0.112. The molecule has 0 atom stereocenters. The number of thiazole rings is 1. The van der Waals surface area contributed by atoms with E-state index >= 15 is 0 Å². The molecule has 1 fully saturated rings. The van der Waals surface area contributed by atoms with Gasteiger partial charge in [0.1, 0.15) is 4.88 Å². The van der Waals surface area contributed by atoms with Crippen LogP contribution < -0.4 is 15.4 Å². The molecule has 3 heterocycles. The Morgan fingerprint density at radius 3 is 2.68 bits per heavy atom. The second-order valence-corrected chi connectivity index (χ2v) is 9.67. The summed E-state index contributed by atoms with van der Waals surface area (Å²) >= 11 is 4.71. The van der Waals surface area contributed by atoms with Crippen LogP contribution >= 0.6 is 27.3 Å². The molecule has 5 rings (SSSR count). The molecule has 2 aliphatic rings. The molecule has 172 valence electrons. The number of aromatic nitrogens is 1. The van der Waals surface area contributed by atoms with Gasteiger partial charge in [-0.1, -0.05) is 23.5 Å². The zero-order valence-corrected chi connectivity index (χ0v) is 20.5. The van der Waals surface area contributed by atoms with Crippen molar-refractivity contribution in [2.75, 3.05) is 32.8 Å². The summed E-state index contributed by atoms with van der Waals surface area (Å²) in [6, 6.07) is 14.5. The molecule has 0 aliphatic carbocycles. The predicted octanol–water partition coefficient (Wildman–Crippen LogP) is 1.81. The van der Waals surface area contributed by atoms with Crippen molar-refractivity contribution < 1.29 is 14.6 Å². The van der Waals surface area contributed by atoms with Crippen molar-refractivity contribution in [2.45, 2.75) is 6.54 Å². The van der Waals surface area contributed by atoms with Crippen LogP contribution in [0.4, 0.5) is 5.69 Å². The highest BCUT2D eigenvalue weighted by Gasteiger charge is 2.26. The molecule has 0 unspecified atom stereocenters. The summed E-state index contributed by atoms with van der Waals surface area (Å²) < 4.78 is 7.90. The first-order valence-corrected chi connectivity index (χ1v) is 12.4. The van der Waals surface area contributed by atoms with Crippen LogP contribution in [0.1, 0.15) is 10.4 Å². The number of aromatic hydroxyl groups is 1. The predicted molar refractivity (Wildman–Crippen MR) is 130 cm³/mol. The van der Waals surface area contributed by atoms with Crippen molar-refractivity contribution in [3.05, 3.63) is 72.8 Å². The van der Waals surface area contributed by atoms with E-state index in [-0.39, 0.29) is 11.8 Å². The van der Waals surface area contributed by atoms with Crippen LogP contribution in [0.15, 0.2) is 56.9 Å².